The van der Waals surface area contributed by atoms with Gasteiger partial charge in [0.25, 0.3) is 0 Å². The number of nitro groups is 1. The molecule has 2 N–H and O–H groups in total. The molecule has 2 aromatic rings. The lowest BCUT2D eigenvalue weighted by atomic mass is 10.1. The van der Waals surface area contributed by atoms with E-state index in [0.29, 0.717) is 11.4 Å². The summed E-state index contributed by atoms with van der Waals surface area (Å²) in [5.41, 5.74) is 4.09. The van der Waals surface area contributed by atoms with Crippen LogP contribution in [0.5, 0.6) is 0 Å². The number of anilines is 3. The average Bonchev–Trinajstić information content (AvgIpc) is 2.36. The average molecular weight is 271 g/mol. The highest BCUT2D eigenvalue weighted by Gasteiger charge is 2.18. The number of hydrogen-bond donors (Lipinski definition) is 2. The number of aryl methyl sites for hydroxylation is 2. The SMILES string of the molecule is CNc1cccc(Nc2cc(C)cc(C)c2)c1[N+](=O)[O-]. The van der Waals surface area contributed by atoms with E-state index in [9.17, 15) is 10.1 Å². The molecule has 20 heavy (non-hydrogen) atoms. The second-order valence-corrected chi connectivity index (χ2v) is 4.71. The first-order valence-corrected chi connectivity index (χ1v) is 6.31. The van der Waals surface area contributed by atoms with Gasteiger partial charge in [0.05, 0.1) is 4.92 Å². The molecule has 0 aliphatic heterocycles. The Morgan fingerprint density at radius 1 is 1.05 bits per heavy atom. The minimum absolute atomic E-state index is 0.0501. The molecule has 0 aliphatic carbocycles. The Morgan fingerprint density at radius 3 is 2.20 bits per heavy atom. The molecule has 104 valence electrons. The quantitative estimate of drug-likeness (QED) is 0.651. The van der Waals surface area contributed by atoms with Crippen LogP contribution in [-0.2, 0) is 0 Å². The summed E-state index contributed by atoms with van der Waals surface area (Å²) < 4.78 is 0. The molecule has 2 rings (SSSR count). The maximum Gasteiger partial charge on any atom is 0.315 e. The van der Waals surface area contributed by atoms with Crippen molar-refractivity contribution in [3.63, 3.8) is 0 Å². The van der Waals surface area contributed by atoms with Crippen molar-refractivity contribution >= 4 is 22.7 Å². The van der Waals surface area contributed by atoms with Crippen LogP contribution in [0, 0.1) is 24.0 Å². The van der Waals surface area contributed by atoms with Crippen LogP contribution in [0.3, 0.4) is 0 Å². The molecule has 5 nitrogen and oxygen atoms in total. The van der Waals surface area contributed by atoms with Gasteiger partial charge >= 0.3 is 5.69 Å². The first kappa shape index (κ1) is 13.9. The lowest BCUT2D eigenvalue weighted by Crippen LogP contribution is -2.01. The third kappa shape index (κ3) is 2.88. The van der Waals surface area contributed by atoms with Gasteiger partial charge in [0.1, 0.15) is 11.4 Å². The van der Waals surface area contributed by atoms with E-state index < -0.39 is 0 Å². The van der Waals surface area contributed by atoms with Gasteiger partial charge in [-0.2, -0.15) is 0 Å². The molecule has 0 saturated carbocycles. The van der Waals surface area contributed by atoms with E-state index in [2.05, 4.69) is 16.7 Å². The third-order valence-electron chi connectivity index (χ3n) is 2.99. The topological polar surface area (TPSA) is 67.2 Å². The van der Waals surface area contributed by atoms with E-state index in [1.165, 1.54) is 0 Å². The number of hydrogen-bond acceptors (Lipinski definition) is 4. The van der Waals surface area contributed by atoms with Crippen molar-refractivity contribution in [2.75, 3.05) is 17.7 Å². The number of nitro benzene ring substituents is 1. The van der Waals surface area contributed by atoms with Gasteiger partial charge in [0, 0.05) is 12.7 Å². The minimum atomic E-state index is -0.378. The summed E-state index contributed by atoms with van der Waals surface area (Å²) in [6.45, 7) is 3.99. The second-order valence-electron chi connectivity index (χ2n) is 4.71. The molecular weight excluding hydrogens is 254 g/mol. The Morgan fingerprint density at radius 2 is 1.65 bits per heavy atom. The predicted octanol–water partition coefficient (Wildman–Crippen LogP) is 4.00. The van der Waals surface area contributed by atoms with Crippen molar-refractivity contribution in [2.45, 2.75) is 13.8 Å². The van der Waals surface area contributed by atoms with Gasteiger partial charge in [-0.25, -0.2) is 0 Å². The minimum Gasteiger partial charge on any atom is -0.382 e. The molecule has 0 bridgehead atoms. The number of nitrogens with one attached hydrogen (secondary N) is 2. The lowest BCUT2D eigenvalue weighted by molar-refractivity contribution is -0.383. The third-order valence-corrected chi connectivity index (χ3v) is 2.99. The van der Waals surface area contributed by atoms with Crippen molar-refractivity contribution in [1.82, 2.24) is 0 Å². The van der Waals surface area contributed by atoms with Gasteiger partial charge in [0.2, 0.25) is 0 Å². The first-order chi connectivity index (χ1) is 9.51. The number of benzene rings is 2. The predicted molar refractivity (Wildman–Crippen MR) is 81.8 cm³/mol. The highest BCUT2D eigenvalue weighted by atomic mass is 16.6. The summed E-state index contributed by atoms with van der Waals surface area (Å²) in [5, 5.41) is 17.2. The fraction of sp³-hybridized carbons (Fsp3) is 0.200. The molecule has 0 unspecified atom stereocenters. The first-order valence-electron chi connectivity index (χ1n) is 6.31. The van der Waals surface area contributed by atoms with Crippen molar-refractivity contribution in [3.05, 3.63) is 57.6 Å². The largest absolute Gasteiger partial charge is 0.382 e. The number of nitrogens with zero attached hydrogens (tertiary/aromatic N) is 1. The summed E-state index contributed by atoms with van der Waals surface area (Å²) >= 11 is 0. The summed E-state index contributed by atoms with van der Waals surface area (Å²) in [6.07, 6.45) is 0. The molecule has 0 spiro atoms. The molecule has 0 heterocycles. The molecule has 5 heteroatoms. The van der Waals surface area contributed by atoms with Crippen molar-refractivity contribution in [3.8, 4) is 0 Å². The van der Waals surface area contributed by atoms with E-state index in [4.69, 9.17) is 0 Å². The summed E-state index contributed by atoms with van der Waals surface area (Å²) in [5.74, 6) is 0. The van der Waals surface area contributed by atoms with E-state index in [-0.39, 0.29) is 10.6 Å². The Bertz CT molecular complexity index is 633. The van der Waals surface area contributed by atoms with Gasteiger partial charge in [-0.3, -0.25) is 10.1 Å². The highest BCUT2D eigenvalue weighted by molar-refractivity contribution is 5.79. The summed E-state index contributed by atoms with van der Waals surface area (Å²) in [7, 11) is 1.67. The fourth-order valence-electron chi connectivity index (χ4n) is 2.25. The molecule has 0 amide bonds. The van der Waals surface area contributed by atoms with Crippen LogP contribution in [0.1, 0.15) is 11.1 Å². The van der Waals surface area contributed by atoms with Gasteiger partial charge in [-0.05, 0) is 49.2 Å². The van der Waals surface area contributed by atoms with Crippen LogP contribution in [0.15, 0.2) is 36.4 Å². The number of para-hydroxylation sites is 1. The Balaban J connectivity index is 2.45. The van der Waals surface area contributed by atoms with E-state index in [1.54, 1.807) is 25.2 Å². The Kier molecular flexibility index (Phi) is 3.89. The van der Waals surface area contributed by atoms with Crippen molar-refractivity contribution < 1.29 is 4.92 Å². The number of rotatable bonds is 4. The van der Waals surface area contributed by atoms with E-state index in [1.807, 2.05) is 26.0 Å². The van der Waals surface area contributed by atoms with Crippen LogP contribution in [-0.4, -0.2) is 12.0 Å². The Labute approximate surface area is 117 Å². The summed E-state index contributed by atoms with van der Waals surface area (Å²) in [4.78, 5) is 10.9. The zero-order valence-electron chi connectivity index (χ0n) is 11.7. The highest BCUT2D eigenvalue weighted by Crippen LogP contribution is 2.34. The molecule has 0 atom stereocenters. The van der Waals surface area contributed by atoms with Crippen LogP contribution < -0.4 is 10.6 Å². The summed E-state index contributed by atoms with van der Waals surface area (Å²) in [6, 6.07) is 11.2. The smallest absolute Gasteiger partial charge is 0.315 e. The molecule has 2 aromatic carbocycles. The van der Waals surface area contributed by atoms with Crippen molar-refractivity contribution in [1.29, 1.82) is 0 Å². The molecule has 0 fully saturated rings. The second kappa shape index (κ2) is 5.61. The van der Waals surface area contributed by atoms with E-state index in [0.717, 1.165) is 16.8 Å². The van der Waals surface area contributed by atoms with Crippen LogP contribution in [0.4, 0.5) is 22.7 Å². The maximum absolute atomic E-state index is 11.3. The van der Waals surface area contributed by atoms with Gasteiger partial charge in [-0.15, -0.1) is 0 Å². The zero-order valence-corrected chi connectivity index (χ0v) is 11.7. The van der Waals surface area contributed by atoms with Crippen molar-refractivity contribution in [2.24, 2.45) is 0 Å². The van der Waals surface area contributed by atoms with Crippen LogP contribution >= 0.6 is 0 Å². The van der Waals surface area contributed by atoms with Gasteiger partial charge in [-0.1, -0.05) is 12.1 Å². The van der Waals surface area contributed by atoms with Crippen LogP contribution in [0.2, 0.25) is 0 Å². The molecular formula is C15H17N3O2. The maximum atomic E-state index is 11.3. The molecule has 0 saturated heterocycles. The standard InChI is InChI=1S/C15H17N3O2/c1-10-7-11(2)9-12(8-10)17-14-6-4-5-13(16-3)15(14)18(19)20/h4-9,16-17H,1-3H3. The monoisotopic (exact) mass is 271 g/mol. The molecule has 0 radical (unpaired) electrons. The molecule has 0 aliphatic rings. The van der Waals surface area contributed by atoms with E-state index >= 15 is 0 Å². The normalized spacial score (nSPS) is 10.2. The lowest BCUT2D eigenvalue weighted by Gasteiger charge is -2.11. The Hall–Kier alpha value is -2.56. The van der Waals surface area contributed by atoms with Crippen LogP contribution in [0.25, 0.3) is 0 Å². The molecule has 0 aromatic heterocycles. The fourth-order valence-corrected chi connectivity index (χ4v) is 2.25. The van der Waals surface area contributed by atoms with Gasteiger partial charge in [0.15, 0.2) is 0 Å². The van der Waals surface area contributed by atoms with Gasteiger partial charge < -0.3 is 10.6 Å². The zero-order chi connectivity index (χ0) is 14.7.